The summed E-state index contributed by atoms with van der Waals surface area (Å²) in [6.45, 7) is 0.616. The Balaban J connectivity index is 1.70. The first-order chi connectivity index (χ1) is 18.7. The van der Waals surface area contributed by atoms with Gasteiger partial charge in [-0.25, -0.2) is 0 Å². The van der Waals surface area contributed by atoms with E-state index in [1.807, 2.05) is 18.2 Å². The number of rotatable bonds is 7. The molecule has 11 heteroatoms. The second kappa shape index (κ2) is 14.0. The Morgan fingerprint density at radius 2 is 1.77 bits per heavy atom. The second-order valence-electron chi connectivity index (χ2n) is 9.22. The molecule has 4 amide bonds. The first-order valence-corrected chi connectivity index (χ1v) is 12.7. The third-order valence-corrected chi connectivity index (χ3v) is 6.43. The van der Waals surface area contributed by atoms with Crippen molar-refractivity contribution < 1.29 is 33.4 Å². The summed E-state index contributed by atoms with van der Waals surface area (Å²) in [6.07, 6.45) is 0.983. The van der Waals surface area contributed by atoms with Gasteiger partial charge in [-0.2, -0.15) is 0 Å². The molecule has 0 saturated carbocycles. The number of hydrogen-bond donors (Lipinski definition) is 2. The Labute approximate surface area is 228 Å². The van der Waals surface area contributed by atoms with Crippen molar-refractivity contribution in [1.82, 2.24) is 20.4 Å². The zero-order chi connectivity index (χ0) is 28.4. The van der Waals surface area contributed by atoms with Crippen molar-refractivity contribution in [2.24, 2.45) is 0 Å². The normalized spacial score (nSPS) is 16.9. The van der Waals surface area contributed by atoms with E-state index in [9.17, 15) is 19.2 Å². The Bertz CT molecular complexity index is 1190. The fraction of sp³-hybridized carbons (Fsp3) is 0.429. The van der Waals surface area contributed by atoms with Gasteiger partial charge in [-0.3, -0.25) is 19.2 Å². The molecular formula is C28H36N4O7. The average molecular weight is 541 g/mol. The number of fused-ring (bicyclic) bond motifs is 1. The molecule has 1 aliphatic heterocycles. The molecule has 2 aromatic rings. The lowest BCUT2D eigenvalue weighted by molar-refractivity contribution is -0.139. The van der Waals surface area contributed by atoms with Crippen LogP contribution in [0, 0.1) is 0 Å². The van der Waals surface area contributed by atoms with E-state index >= 15 is 0 Å². The lowest BCUT2D eigenvalue weighted by Crippen LogP contribution is -2.50. The lowest BCUT2D eigenvalue weighted by Gasteiger charge is -2.25. The first kappa shape index (κ1) is 29.3. The molecule has 0 bridgehead atoms. The van der Waals surface area contributed by atoms with Crippen LogP contribution in [0.15, 0.2) is 42.5 Å². The minimum atomic E-state index is -1.14. The second-order valence-corrected chi connectivity index (χ2v) is 9.22. The molecule has 3 rings (SSSR count). The summed E-state index contributed by atoms with van der Waals surface area (Å²) in [5.41, 5.74) is 1.24. The molecule has 11 nitrogen and oxygen atoms in total. The van der Waals surface area contributed by atoms with E-state index in [4.69, 9.17) is 14.2 Å². The van der Waals surface area contributed by atoms with Crippen LogP contribution in [-0.2, 0) is 20.8 Å². The number of carbonyl (C=O) groups excluding carboxylic acids is 4. The summed E-state index contributed by atoms with van der Waals surface area (Å²) in [4.78, 5) is 54.4. The summed E-state index contributed by atoms with van der Waals surface area (Å²) in [5, 5.41) is 5.50. The Kier molecular flexibility index (Phi) is 10.5. The summed E-state index contributed by atoms with van der Waals surface area (Å²) in [7, 11) is 6.25. The van der Waals surface area contributed by atoms with Crippen molar-refractivity contribution in [2.45, 2.75) is 25.3 Å². The maximum atomic E-state index is 13.1. The van der Waals surface area contributed by atoms with Gasteiger partial charge in [0.2, 0.25) is 17.7 Å². The van der Waals surface area contributed by atoms with E-state index in [0.717, 1.165) is 5.56 Å². The van der Waals surface area contributed by atoms with Gasteiger partial charge in [0.25, 0.3) is 5.91 Å². The van der Waals surface area contributed by atoms with Crippen molar-refractivity contribution in [3.8, 4) is 17.2 Å². The molecule has 1 aliphatic rings. The molecule has 0 fully saturated rings. The van der Waals surface area contributed by atoms with Crippen molar-refractivity contribution in [3.63, 3.8) is 0 Å². The highest BCUT2D eigenvalue weighted by Crippen LogP contribution is 2.28. The van der Waals surface area contributed by atoms with Gasteiger partial charge in [-0.05, 0) is 42.7 Å². The summed E-state index contributed by atoms with van der Waals surface area (Å²) in [5.74, 6) is -0.152. The van der Waals surface area contributed by atoms with E-state index in [0.29, 0.717) is 36.6 Å². The zero-order valence-corrected chi connectivity index (χ0v) is 22.8. The molecule has 2 aromatic carbocycles. The minimum Gasteiger partial charge on any atom is -0.493 e. The maximum Gasteiger partial charge on any atom is 0.255 e. The highest BCUT2D eigenvalue weighted by Gasteiger charge is 2.28. The van der Waals surface area contributed by atoms with Crippen LogP contribution in [0.25, 0.3) is 0 Å². The number of nitrogens with zero attached hydrogens (tertiary/aromatic N) is 2. The molecule has 0 saturated heterocycles. The summed E-state index contributed by atoms with van der Waals surface area (Å²) >= 11 is 0. The Morgan fingerprint density at radius 1 is 1.03 bits per heavy atom. The van der Waals surface area contributed by atoms with E-state index in [2.05, 4.69) is 10.6 Å². The number of methoxy groups -OCH3 is 2. The van der Waals surface area contributed by atoms with Crippen LogP contribution < -0.4 is 24.8 Å². The van der Waals surface area contributed by atoms with Gasteiger partial charge in [-0.1, -0.05) is 18.2 Å². The van der Waals surface area contributed by atoms with E-state index in [1.54, 1.807) is 45.5 Å². The predicted molar refractivity (Wildman–Crippen MR) is 144 cm³/mol. The van der Waals surface area contributed by atoms with Gasteiger partial charge in [0.05, 0.1) is 39.3 Å². The molecule has 2 N–H and O–H groups in total. The number of ether oxygens (including phenoxy) is 3. The standard InChI is InChI=1S/C28H36N4O7/c1-31-14-15-39-22-10-6-5-9-20(22)27(35)30-21(17-25(33)32(2)18-26(31)34)28(36)29-13-7-8-19-11-12-23(37-3)24(16-19)38-4/h5-6,9-12,16,21H,7-8,13-15,17-18H2,1-4H3,(H,29,36)(H,30,35)/t21-/m0/s1. The highest BCUT2D eigenvalue weighted by atomic mass is 16.5. The predicted octanol–water partition coefficient (Wildman–Crippen LogP) is 1.25. The van der Waals surface area contributed by atoms with Gasteiger partial charge in [0.15, 0.2) is 11.5 Å². The molecular weight excluding hydrogens is 504 g/mol. The van der Waals surface area contributed by atoms with Crippen molar-refractivity contribution in [2.75, 3.05) is 54.6 Å². The minimum absolute atomic E-state index is 0.153. The van der Waals surface area contributed by atoms with Gasteiger partial charge in [0, 0.05) is 20.6 Å². The van der Waals surface area contributed by atoms with Crippen LogP contribution >= 0.6 is 0 Å². The third-order valence-electron chi connectivity index (χ3n) is 6.43. The SMILES string of the molecule is COc1ccc(CCCNC(=O)[C@@H]2CC(=O)N(C)CC(=O)N(C)CCOc3ccccc3C(=O)N2)cc1OC. The number of para-hydroxylation sites is 1. The fourth-order valence-corrected chi connectivity index (χ4v) is 4.05. The van der Waals surface area contributed by atoms with Gasteiger partial charge in [0.1, 0.15) is 18.4 Å². The molecule has 0 unspecified atom stereocenters. The van der Waals surface area contributed by atoms with Gasteiger partial charge < -0.3 is 34.6 Å². The molecule has 0 aliphatic carbocycles. The quantitative estimate of drug-likeness (QED) is 0.506. The number of hydrogen-bond acceptors (Lipinski definition) is 7. The van der Waals surface area contributed by atoms with E-state index < -0.39 is 23.8 Å². The van der Waals surface area contributed by atoms with Gasteiger partial charge >= 0.3 is 0 Å². The first-order valence-electron chi connectivity index (χ1n) is 12.7. The smallest absolute Gasteiger partial charge is 0.255 e. The molecule has 210 valence electrons. The largest absolute Gasteiger partial charge is 0.493 e. The highest BCUT2D eigenvalue weighted by molar-refractivity contribution is 6.00. The number of aryl methyl sites for hydroxylation is 1. The molecule has 0 radical (unpaired) electrons. The monoisotopic (exact) mass is 540 g/mol. The number of benzene rings is 2. The number of nitrogens with one attached hydrogen (secondary N) is 2. The number of carbonyl (C=O) groups is 4. The van der Waals surface area contributed by atoms with Crippen molar-refractivity contribution in [3.05, 3.63) is 53.6 Å². The van der Waals surface area contributed by atoms with Crippen LogP contribution in [-0.4, -0.2) is 94.0 Å². The number of amides is 4. The van der Waals surface area contributed by atoms with Crippen LogP contribution in [0.5, 0.6) is 17.2 Å². The topological polar surface area (TPSA) is 127 Å². The molecule has 0 aromatic heterocycles. The van der Waals surface area contributed by atoms with Crippen molar-refractivity contribution in [1.29, 1.82) is 0 Å². The third kappa shape index (κ3) is 8.10. The fourth-order valence-electron chi connectivity index (χ4n) is 4.05. The van der Waals surface area contributed by atoms with E-state index in [-0.39, 0.29) is 37.6 Å². The van der Waals surface area contributed by atoms with Gasteiger partial charge in [-0.15, -0.1) is 0 Å². The Morgan fingerprint density at radius 3 is 2.51 bits per heavy atom. The summed E-state index contributed by atoms with van der Waals surface area (Å²) in [6, 6.07) is 11.1. The molecule has 1 atom stereocenters. The van der Waals surface area contributed by atoms with Crippen molar-refractivity contribution >= 4 is 23.6 Å². The lowest BCUT2D eigenvalue weighted by atomic mass is 10.1. The maximum absolute atomic E-state index is 13.1. The average Bonchev–Trinajstić information content (AvgIpc) is 2.94. The number of likely N-dealkylation sites (N-methyl/N-ethyl adjacent to an activating group) is 2. The van der Waals surface area contributed by atoms with Crippen LogP contribution in [0.2, 0.25) is 0 Å². The molecule has 1 heterocycles. The van der Waals surface area contributed by atoms with Crippen LogP contribution in [0.3, 0.4) is 0 Å². The van der Waals surface area contributed by atoms with Crippen LogP contribution in [0.4, 0.5) is 0 Å². The Hall–Kier alpha value is -4.28. The molecule has 0 spiro atoms. The van der Waals surface area contributed by atoms with Crippen LogP contribution in [0.1, 0.15) is 28.8 Å². The summed E-state index contributed by atoms with van der Waals surface area (Å²) < 4.78 is 16.4. The molecule has 39 heavy (non-hydrogen) atoms. The van der Waals surface area contributed by atoms with E-state index in [1.165, 1.54) is 16.8 Å². The zero-order valence-electron chi connectivity index (χ0n) is 22.8.